The fourth-order valence-corrected chi connectivity index (χ4v) is 4.79. The second-order valence-corrected chi connectivity index (χ2v) is 8.57. The van der Waals surface area contributed by atoms with Crippen LogP contribution >= 0.6 is 0 Å². The van der Waals surface area contributed by atoms with Crippen LogP contribution in [0.1, 0.15) is 46.9 Å². The highest BCUT2D eigenvalue weighted by molar-refractivity contribution is 7.89. The maximum atomic E-state index is 14.3. The Bertz CT molecular complexity index is 1010. The molecule has 0 radical (unpaired) electrons. The molecule has 148 valence electrons. The molecule has 2 aromatic rings. The summed E-state index contributed by atoms with van der Waals surface area (Å²) in [5.74, 6) is -1.74. The second-order valence-electron chi connectivity index (χ2n) is 6.67. The molecule has 1 aliphatic rings. The Balaban J connectivity index is 1.91. The number of anilines is 1. The number of amides is 1. The Labute approximate surface area is 163 Å². The molecule has 1 aliphatic heterocycles. The molecule has 1 fully saturated rings. The van der Waals surface area contributed by atoms with E-state index in [1.54, 1.807) is 24.3 Å². The Morgan fingerprint density at radius 3 is 2.39 bits per heavy atom. The van der Waals surface area contributed by atoms with E-state index in [-0.39, 0.29) is 11.3 Å². The van der Waals surface area contributed by atoms with Gasteiger partial charge in [0.1, 0.15) is 10.7 Å². The summed E-state index contributed by atoms with van der Waals surface area (Å²) in [5.41, 5.74) is 0.638. The normalized spacial score (nSPS) is 15.2. The van der Waals surface area contributed by atoms with Crippen LogP contribution in [-0.4, -0.2) is 37.5 Å². The topological polar surface area (TPSA) is 83.5 Å². The van der Waals surface area contributed by atoms with Crippen molar-refractivity contribution >= 4 is 27.4 Å². The van der Waals surface area contributed by atoms with Gasteiger partial charge in [0.25, 0.3) is 5.91 Å². The van der Waals surface area contributed by atoms with Crippen LogP contribution in [0.25, 0.3) is 0 Å². The van der Waals surface area contributed by atoms with Crippen molar-refractivity contribution in [2.75, 3.05) is 18.4 Å². The van der Waals surface area contributed by atoms with Gasteiger partial charge < -0.3 is 5.32 Å². The zero-order chi connectivity index (χ0) is 20.3. The number of Topliss-reactive ketones (excluding diaryl/α,β-unsaturated/α-hetero) is 1. The van der Waals surface area contributed by atoms with Gasteiger partial charge in [-0.25, -0.2) is 12.8 Å². The molecular weight excluding hydrogens is 383 g/mol. The molecule has 1 amide bonds. The van der Waals surface area contributed by atoms with Crippen molar-refractivity contribution in [1.82, 2.24) is 4.31 Å². The van der Waals surface area contributed by atoms with Crippen LogP contribution in [0.15, 0.2) is 47.4 Å². The van der Waals surface area contributed by atoms with Crippen molar-refractivity contribution in [2.24, 2.45) is 0 Å². The number of hydrogen-bond acceptors (Lipinski definition) is 4. The van der Waals surface area contributed by atoms with Crippen molar-refractivity contribution in [3.05, 3.63) is 59.4 Å². The van der Waals surface area contributed by atoms with E-state index in [9.17, 15) is 22.4 Å². The van der Waals surface area contributed by atoms with Gasteiger partial charge >= 0.3 is 0 Å². The van der Waals surface area contributed by atoms with Crippen LogP contribution in [0.2, 0.25) is 0 Å². The third kappa shape index (κ3) is 4.13. The summed E-state index contributed by atoms with van der Waals surface area (Å²) in [6, 6.07) is 9.73. The Hall–Kier alpha value is -2.58. The molecule has 0 unspecified atom stereocenters. The molecule has 28 heavy (non-hydrogen) atoms. The monoisotopic (exact) mass is 404 g/mol. The highest BCUT2D eigenvalue weighted by Gasteiger charge is 2.29. The number of piperidine rings is 1. The lowest BCUT2D eigenvalue weighted by molar-refractivity contribution is 0.101. The van der Waals surface area contributed by atoms with Crippen LogP contribution in [0.5, 0.6) is 0 Å². The van der Waals surface area contributed by atoms with Crippen LogP contribution in [0, 0.1) is 5.82 Å². The number of nitrogens with one attached hydrogen (secondary N) is 1. The first kappa shape index (κ1) is 20.2. The first-order valence-electron chi connectivity index (χ1n) is 9.02. The maximum Gasteiger partial charge on any atom is 0.255 e. The van der Waals surface area contributed by atoms with E-state index >= 15 is 0 Å². The van der Waals surface area contributed by atoms with E-state index in [1.165, 1.54) is 17.3 Å². The van der Waals surface area contributed by atoms with E-state index in [1.807, 2.05) is 0 Å². The number of nitrogens with zero attached hydrogens (tertiary/aromatic N) is 1. The summed E-state index contributed by atoms with van der Waals surface area (Å²) < 4.78 is 41.1. The number of ketones is 1. The molecule has 8 heteroatoms. The van der Waals surface area contributed by atoms with Gasteiger partial charge in [-0.2, -0.15) is 4.31 Å². The second kappa shape index (κ2) is 8.20. The number of hydrogen-bond donors (Lipinski definition) is 1. The molecule has 3 rings (SSSR count). The highest BCUT2D eigenvalue weighted by atomic mass is 32.2. The van der Waals surface area contributed by atoms with E-state index in [0.717, 1.165) is 31.4 Å². The van der Waals surface area contributed by atoms with Crippen molar-refractivity contribution in [1.29, 1.82) is 0 Å². The van der Waals surface area contributed by atoms with Crippen molar-refractivity contribution < 1.29 is 22.4 Å². The smallest absolute Gasteiger partial charge is 0.255 e. The first-order chi connectivity index (χ1) is 13.3. The summed E-state index contributed by atoms with van der Waals surface area (Å²) in [6.07, 6.45) is 2.39. The Morgan fingerprint density at radius 1 is 1.04 bits per heavy atom. The molecule has 6 nitrogen and oxygen atoms in total. The van der Waals surface area contributed by atoms with Gasteiger partial charge in [0.05, 0.1) is 5.69 Å². The summed E-state index contributed by atoms with van der Waals surface area (Å²) in [7, 11) is -4.02. The van der Waals surface area contributed by atoms with Crippen LogP contribution in [0.3, 0.4) is 0 Å². The van der Waals surface area contributed by atoms with Crippen LogP contribution in [0.4, 0.5) is 10.1 Å². The minimum Gasteiger partial charge on any atom is -0.321 e. The van der Waals surface area contributed by atoms with E-state index in [4.69, 9.17) is 0 Å². The van der Waals surface area contributed by atoms with Crippen LogP contribution < -0.4 is 5.32 Å². The number of sulfonamides is 1. The van der Waals surface area contributed by atoms with Gasteiger partial charge in [-0.1, -0.05) is 18.6 Å². The molecule has 0 saturated carbocycles. The summed E-state index contributed by atoms with van der Waals surface area (Å²) >= 11 is 0. The minimum atomic E-state index is -4.02. The standard InChI is InChI=1S/C20H21FN2O4S/c1-14(24)16-7-3-4-8-18(16)22-20(25)15-9-10-17(21)19(13-15)28(26,27)23-11-5-2-6-12-23/h3-4,7-10,13H,2,5-6,11-12H2,1H3,(H,22,25). The Kier molecular flexibility index (Phi) is 5.90. The molecule has 1 N–H and O–H groups in total. The van der Waals surface area contributed by atoms with E-state index < -0.39 is 26.6 Å². The number of carbonyl (C=O) groups excluding carboxylic acids is 2. The van der Waals surface area contributed by atoms with Crippen molar-refractivity contribution in [2.45, 2.75) is 31.1 Å². The molecule has 1 heterocycles. The third-order valence-corrected chi connectivity index (χ3v) is 6.59. The molecule has 0 bridgehead atoms. The maximum absolute atomic E-state index is 14.3. The van der Waals surface area contributed by atoms with Gasteiger partial charge in [0, 0.05) is 24.2 Å². The van der Waals surface area contributed by atoms with Gasteiger partial charge in [-0.3, -0.25) is 9.59 Å². The van der Waals surface area contributed by atoms with E-state index in [2.05, 4.69) is 5.32 Å². The lowest BCUT2D eigenvalue weighted by Gasteiger charge is -2.26. The lowest BCUT2D eigenvalue weighted by Crippen LogP contribution is -2.36. The first-order valence-corrected chi connectivity index (χ1v) is 10.5. The van der Waals surface area contributed by atoms with Gasteiger partial charge in [-0.15, -0.1) is 0 Å². The van der Waals surface area contributed by atoms with E-state index in [0.29, 0.717) is 24.3 Å². The quantitative estimate of drug-likeness (QED) is 0.774. The van der Waals surface area contributed by atoms with Gasteiger partial charge in [0.15, 0.2) is 5.78 Å². The number of halogens is 1. The average Bonchev–Trinajstić information content (AvgIpc) is 2.69. The molecule has 0 aliphatic carbocycles. The number of benzene rings is 2. The summed E-state index contributed by atoms with van der Waals surface area (Å²) in [5, 5.41) is 2.60. The fourth-order valence-electron chi connectivity index (χ4n) is 3.18. The summed E-state index contributed by atoms with van der Waals surface area (Å²) in [4.78, 5) is 23.8. The Morgan fingerprint density at radius 2 is 1.71 bits per heavy atom. The predicted molar refractivity (Wildman–Crippen MR) is 103 cm³/mol. The molecule has 0 atom stereocenters. The SMILES string of the molecule is CC(=O)c1ccccc1NC(=O)c1ccc(F)c(S(=O)(=O)N2CCCCC2)c1. The molecule has 0 spiro atoms. The summed E-state index contributed by atoms with van der Waals surface area (Å²) in [6.45, 7) is 2.06. The van der Waals surface area contributed by atoms with Crippen LogP contribution in [-0.2, 0) is 10.0 Å². The highest BCUT2D eigenvalue weighted by Crippen LogP contribution is 2.25. The fraction of sp³-hybridized carbons (Fsp3) is 0.300. The zero-order valence-corrected chi connectivity index (χ0v) is 16.3. The van der Waals surface area contributed by atoms with Gasteiger partial charge in [0.2, 0.25) is 10.0 Å². The minimum absolute atomic E-state index is 0.00432. The lowest BCUT2D eigenvalue weighted by atomic mass is 10.1. The zero-order valence-electron chi connectivity index (χ0n) is 15.4. The van der Waals surface area contributed by atoms with Crippen molar-refractivity contribution in [3.8, 4) is 0 Å². The molecule has 0 aromatic heterocycles. The molecule has 1 saturated heterocycles. The molecule has 2 aromatic carbocycles. The average molecular weight is 404 g/mol. The van der Waals surface area contributed by atoms with Crippen molar-refractivity contribution in [3.63, 3.8) is 0 Å². The predicted octanol–water partition coefficient (Wildman–Crippen LogP) is 3.46. The number of rotatable bonds is 5. The molecular formula is C20H21FN2O4S. The third-order valence-electron chi connectivity index (χ3n) is 4.68. The number of para-hydroxylation sites is 1. The largest absolute Gasteiger partial charge is 0.321 e. The van der Waals surface area contributed by atoms with Gasteiger partial charge in [-0.05, 0) is 50.1 Å². The number of carbonyl (C=O) groups is 2.